The maximum atomic E-state index is 11.9. The Bertz CT molecular complexity index is 125. The number of hydrogen-bond acceptors (Lipinski definition) is 1. The second-order valence-electron chi connectivity index (χ2n) is 4.10. The largest absolute Gasteiger partial charge is 0.277 e. The van der Waals surface area contributed by atoms with Crippen molar-refractivity contribution in [2.45, 2.75) is 47.0 Å². The van der Waals surface area contributed by atoms with E-state index in [1.165, 1.54) is 0 Å². The van der Waals surface area contributed by atoms with Crippen LogP contribution in [0.15, 0.2) is 12.7 Å². The van der Waals surface area contributed by atoms with Crippen molar-refractivity contribution in [1.82, 2.24) is 4.90 Å². The summed E-state index contributed by atoms with van der Waals surface area (Å²) in [6, 6.07) is 0. The zero-order valence-electron chi connectivity index (χ0n) is 10.9. The number of allylic oxidation sites excluding steroid dienone is 1. The molecular formula is C13H30FN. The Labute approximate surface area is 96.8 Å². The predicted octanol–water partition coefficient (Wildman–Crippen LogP) is 4.50. The number of hydrogen-bond donors (Lipinski definition) is 0. The lowest BCUT2D eigenvalue weighted by Crippen LogP contribution is -2.22. The molecule has 0 unspecified atom stereocenters. The lowest BCUT2D eigenvalue weighted by molar-refractivity contribution is 0.192. The van der Waals surface area contributed by atoms with Gasteiger partial charge in [-0.05, 0) is 25.3 Å². The minimum atomic E-state index is -0.295. The van der Waals surface area contributed by atoms with Gasteiger partial charge in [-0.2, -0.15) is 0 Å². The number of unbranched alkanes of at least 4 members (excludes halogenated alkanes) is 1. The second kappa shape index (κ2) is 13.6. The fourth-order valence-corrected chi connectivity index (χ4v) is 1.02. The molecule has 0 aromatic carbocycles. The van der Waals surface area contributed by atoms with Crippen molar-refractivity contribution >= 4 is 0 Å². The highest BCUT2D eigenvalue weighted by molar-refractivity contribution is 4.67. The number of rotatable bonds is 7. The van der Waals surface area contributed by atoms with Crippen molar-refractivity contribution in [2.75, 3.05) is 19.9 Å². The van der Waals surface area contributed by atoms with Gasteiger partial charge < -0.3 is 0 Å². The summed E-state index contributed by atoms with van der Waals surface area (Å²) >= 11 is 0. The lowest BCUT2D eigenvalue weighted by Gasteiger charge is -2.14. The van der Waals surface area contributed by atoms with Crippen LogP contribution in [0.4, 0.5) is 4.39 Å². The summed E-state index contributed by atoms with van der Waals surface area (Å²) in [5.74, 6) is 0.780. The number of nitrogens with zero attached hydrogens (tertiary/aromatic N) is 1. The van der Waals surface area contributed by atoms with Crippen molar-refractivity contribution < 1.29 is 5.82 Å². The average Bonchev–Trinajstić information content (AvgIpc) is 2.20. The van der Waals surface area contributed by atoms with Gasteiger partial charge in [0.25, 0.3) is 0 Å². The Morgan fingerprint density at radius 2 is 2.00 bits per heavy atom. The van der Waals surface area contributed by atoms with Gasteiger partial charge in [-0.3, -0.25) is 4.90 Å². The summed E-state index contributed by atoms with van der Waals surface area (Å²) in [5.41, 5.74) is 0. The van der Waals surface area contributed by atoms with E-state index in [2.05, 4.69) is 27.4 Å². The molecule has 0 aromatic heterocycles. The molecule has 2 heteroatoms. The summed E-state index contributed by atoms with van der Waals surface area (Å²) in [7, 11) is 0. The van der Waals surface area contributed by atoms with Crippen LogP contribution in [0.1, 0.15) is 48.4 Å². The Hall–Kier alpha value is -0.370. The average molecular weight is 219 g/mol. The van der Waals surface area contributed by atoms with Crippen molar-refractivity contribution in [1.29, 1.82) is 0 Å². The Morgan fingerprint density at radius 3 is 2.20 bits per heavy atom. The molecule has 0 radical (unpaired) electrons. The Balaban J connectivity index is -0.000000214. The molecule has 0 saturated carbocycles. The molecule has 0 aliphatic heterocycles. The monoisotopic (exact) mass is 219 g/mol. The van der Waals surface area contributed by atoms with E-state index in [9.17, 15) is 4.39 Å². The molecule has 0 heterocycles. The van der Waals surface area contributed by atoms with Crippen LogP contribution < -0.4 is 0 Å². The second-order valence-corrected chi connectivity index (χ2v) is 4.10. The molecule has 0 amide bonds. The lowest BCUT2D eigenvalue weighted by atomic mass is 10.1. The zero-order chi connectivity index (χ0) is 12.1. The van der Waals surface area contributed by atoms with Crippen LogP contribution >= 0.6 is 0 Å². The maximum Gasteiger partial charge on any atom is 0.142 e. The van der Waals surface area contributed by atoms with Crippen LogP contribution in [0.2, 0.25) is 0 Å². The van der Waals surface area contributed by atoms with Crippen LogP contribution in [-0.4, -0.2) is 24.8 Å². The van der Waals surface area contributed by atoms with Gasteiger partial charge in [0, 0.05) is 7.97 Å². The molecule has 0 spiro atoms. The van der Waals surface area contributed by atoms with E-state index in [-0.39, 0.29) is 8.23 Å². The molecule has 0 aliphatic rings. The van der Waals surface area contributed by atoms with Gasteiger partial charge in [0.05, 0.1) is 0 Å². The fraction of sp³-hybridized carbons (Fsp3) is 0.846. The van der Waals surface area contributed by atoms with Crippen LogP contribution in [0.3, 0.4) is 0 Å². The molecule has 0 N–H and O–H groups in total. The van der Waals surface area contributed by atoms with E-state index in [1.807, 2.05) is 13.0 Å². The third kappa shape index (κ3) is 16.3. The first-order valence-corrected chi connectivity index (χ1v) is 6.01. The highest BCUT2D eigenvalue weighted by Gasteiger charge is 1.97. The van der Waals surface area contributed by atoms with Crippen LogP contribution in [0.25, 0.3) is 0 Å². The van der Waals surface area contributed by atoms with Gasteiger partial charge in [-0.25, -0.2) is 4.39 Å². The summed E-state index contributed by atoms with van der Waals surface area (Å²) in [6.07, 6.45) is 5.35. The van der Waals surface area contributed by atoms with E-state index < -0.39 is 0 Å². The summed E-state index contributed by atoms with van der Waals surface area (Å²) in [6.45, 7) is 13.5. The van der Waals surface area contributed by atoms with E-state index in [4.69, 9.17) is 0 Å². The van der Waals surface area contributed by atoms with Crippen molar-refractivity contribution in [3.8, 4) is 0 Å². The summed E-state index contributed by atoms with van der Waals surface area (Å²) < 4.78 is 11.9. The van der Waals surface area contributed by atoms with Gasteiger partial charge in [0.15, 0.2) is 0 Å². The quantitative estimate of drug-likeness (QED) is 0.450. The maximum absolute atomic E-state index is 11.9. The molecule has 0 atom stereocenters. The molecule has 0 aromatic rings. The predicted molar refractivity (Wildman–Crippen MR) is 69.9 cm³/mol. The van der Waals surface area contributed by atoms with Crippen molar-refractivity contribution in [2.24, 2.45) is 5.92 Å². The molecule has 0 saturated heterocycles. The van der Waals surface area contributed by atoms with E-state index >= 15 is 0 Å². The van der Waals surface area contributed by atoms with Gasteiger partial charge in [-0.15, -0.1) is 6.58 Å². The SMILES string of the molecule is C=CCC(C)C.CCCCN(CC)CF.[HH]. The smallest absolute Gasteiger partial charge is 0.142 e. The topological polar surface area (TPSA) is 3.24 Å². The van der Waals surface area contributed by atoms with Crippen molar-refractivity contribution in [3.05, 3.63) is 12.7 Å². The normalized spacial score (nSPS) is 10.1. The van der Waals surface area contributed by atoms with Gasteiger partial charge >= 0.3 is 0 Å². The molecule has 0 fully saturated rings. The van der Waals surface area contributed by atoms with E-state index in [1.54, 1.807) is 4.90 Å². The highest BCUT2D eigenvalue weighted by Crippen LogP contribution is 1.96. The summed E-state index contributed by atoms with van der Waals surface area (Å²) in [4.78, 5) is 1.80. The van der Waals surface area contributed by atoms with Gasteiger partial charge in [0.1, 0.15) is 6.80 Å². The molecule has 0 bridgehead atoms. The molecule has 94 valence electrons. The first kappa shape index (κ1) is 17.0. The minimum absolute atomic E-state index is 0. The zero-order valence-corrected chi connectivity index (χ0v) is 10.9. The standard InChI is InChI=1S/C7H16FN.C6H12.H2/c1-3-5-6-9(4-2)7-8;1-4-5-6(2)3;/h3-7H2,1-2H3;4,6H,1,5H2,2-3H3;1H. The van der Waals surface area contributed by atoms with E-state index in [0.29, 0.717) is 0 Å². The molecule has 15 heavy (non-hydrogen) atoms. The number of alkyl halides is 1. The van der Waals surface area contributed by atoms with Crippen LogP contribution in [0.5, 0.6) is 0 Å². The first-order valence-electron chi connectivity index (χ1n) is 6.01. The molecular weight excluding hydrogens is 189 g/mol. The summed E-state index contributed by atoms with van der Waals surface area (Å²) in [5, 5.41) is 0. The van der Waals surface area contributed by atoms with Gasteiger partial charge in [0.2, 0.25) is 0 Å². The third-order valence-electron chi connectivity index (χ3n) is 2.08. The third-order valence-corrected chi connectivity index (χ3v) is 2.08. The number of halogens is 1. The van der Waals surface area contributed by atoms with Crippen molar-refractivity contribution in [3.63, 3.8) is 0 Å². The molecule has 0 aliphatic carbocycles. The first-order chi connectivity index (χ1) is 7.12. The molecule has 1 nitrogen and oxygen atoms in total. The van der Waals surface area contributed by atoms with Crippen LogP contribution in [-0.2, 0) is 0 Å². The minimum Gasteiger partial charge on any atom is -0.277 e. The van der Waals surface area contributed by atoms with Crippen LogP contribution in [0, 0.1) is 5.92 Å². The van der Waals surface area contributed by atoms with E-state index in [0.717, 1.165) is 38.3 Å². The highest BCUT2D eigenvalue weighted by atomic mass is 19.1. The Morgan fingerprint density at radius 1 is 1.40 bits per heavy atom. The Kier molecular flexibility index (Phi) is 15.5. The molecule has 0 rings (SSSR count). The fourth-order valence-electron chi connectivity index (χ4n) is 1.02. The van der Waals surface area contributed by atoms with Gasteiger partial charge in [-0.1, -0.05) is 40.2 Å².